The fourth-order valence-corrected chi connectivity index (χ4v) is 20.7. The molecule has 14 nitrogen and oxygen atoms in total. The molecule has 0 radical (unpaired) electrons. The Labute approximate surface area is 812 Å². The minimum atomic E-state index is 0.545. The predicted octanol–water partition coefficient (Wildman–Crippen LogP) is 30.8. The third-order valence-electron chi connectivity index (χ3n) is 26.8. The van der Waals surface area contributed by atoms with Crippen molar-refractivity contribution in [1.29, 1.82) is 0 Å². The van der Waals surface area contributed by atoms with Gasteiger partial charge in [0.15, 0.2) is 29.1 Å². The van der Waals surface area contributed by atoms with Gasteiger partial charge in [-0.2, -0.15) is 9.97 Å². The van der Waals surface area contributed by atoms with Crippen LogP contribution < -0.4 is 0 Å². The smallest absolute Gasteiger partial charge is 0.238 e. The number of rotatable bonds is 13. The first-order valence-corrected chi connectivity index (χ1v) is 47.2. The lowest BCUT2D eigenvalue weighted by Crippen LogP contribution is -2.08. The lowest BCUT2D eigenvalue weighted by atomic mass is 9.93. The summed E-state index contributed by atoms with van der Waals surface area (Å²) in [4.78, 5) is 55.7. The zero-order valence-electron chi connectivity index (χ0n) is 75.9. The maximum atomic E-state index is 5.28. The fourth-order valence-electron chi connectivity index (χ4n) is 20.7. The summed E-state index contributed by atoms with van der Waals surface area (Å²) in [5.74, 6) is 4.26. The molecule has 28 rings (SSSR count). The van der Waals surface area contributed by atoms with Gasteiger partial charge < -0.3 is 4.57 Å². The Morgan fingerprint density at radius 1 is 0.149 bits per heavy atom. The van der Waals surface area contributed by atoms with Crippen LogP contribution in [0, 0.1) is 0 Å². The first-order valence-electron chi connectivity index (χ1n) is 47.2. The minimum absolute atomic E-state index is 0.545. The van der Waals surface area contributed by atoms with Crippen molar-refractivity contribution in [2.45, 2.75) is 0 Å². The van der Waals surface area contributed by atoms with Gasteiger partial charge in [-0.1, -0.05) is 394 Å². The van der Waals surface area contributed by atoms with Gasteiger partial charge in [-0.25, -0.2) is 29.9 Å². The summed E-state index contributed by atoms with van der Waals surface area (Å²) in [5.41, 5.74) is 39.6. The average molecular weight is 1800 g/mol. The number of hydrogen-bond acceptors (Lipinski definition) is 11. The van der Waals surface area contributed by atoms with Gasteiger partial charge in [0, 0.05) is 96.1 Å². The Balaban J connectivity index is 0.000000109. The lowest BCUT2D eigenvalue weighted by molar-refractivity contribution is 0.935. The van der Waals surface area contributed by atoms with E-state index in [2.05, 4.69) is 317 Å². The van der Waals surface area contributed by atoms with Crippen LogP contribution in [0.4, 0.5) is 0 Å². The van der Waals surface area contributed by atoms with Crippen molar-refractivity contribution < 1.29 is 0 Å². The third-order valence-corrected chi connectivity index (χ3v) is 26.8. The number of aromatic nitrogens is 14. The van der Waals surface area contributed by atoms with Crippen molar-refractivity contribution in [3.05, 3.63) is 486 Å². The number of pyridine rings is 3. The van der Waals surface area contributed by atoms with Crippen LogP contribution in [0.2, 0.25) is 0 Å². The van der Waals surface area contributed by atoms with Crippen molar-refractivity contribution in [2.24, 2.45) is 0 Å². The first-order chi connectivity index (χ1) is 70.0. The van der Waals surface area contributed by atoms with Gasteiger partial charge >= 0.3 is 0 Å². The summed E-state index contributed by atoms with van der Waals surface area (Å²) in [6.07, 6.45) is 5.58. The zero-order chi connectivity index (χ0) is 93.2. The van der Waals surface area contributed by atoms with Crippen LogP contribution in [0.15, 0.2) is 486 Å². The largest absolute Gasteiger partial charge is 0.307 e. The highest BCUT2D eigenvalue weighted by Crippen LogP contribution is 2.57. The molecule has 0 saturated carbocycles. The van der Waals surface area contributed by atoms with Gasteiger partial charge in [0.2, 0.25) is 11.9 Å². The number of fused-ring (bicyclic) bond motifs is 15. The summed E-state index contributed by atoms with van der Waals surface area (Å²) in [6, 6.07) is 162. The molecule has 14 heteroatoms. The van der Waals surface area contributed by atoms with Crippen molar-refractivity contribution in [3.8, 4) is 231 Å². The predicted molar refractivity (Wildman–Crippen MR) is 570 cm³/mol. The molecule has 0 fully saturated rings. The standard InChI is InChI=1S/C46H29N5.C41H26N4.C40H25N5/c1-3-15-30(16-4-1)44-48-45(31-17-5-2-6-18-31)50-46(49-44)32-19-13-20-33(29-32)51-40-27-14-25-37-35-22-8-7-21-34(35)36-23-9-10-24-38(36)42(41(37)40)43(51)39-26-11-12-28-47-39;1-3-14-27(15-4-1)35-26-36(28-16-5-2-6-17-28)44-41(43-35)45-37-24-13-22-32-30-19-8-7-18-29(30)31-20-9-10-21-33(31)39(38(32)37)40(45)34-23-11-12-25-42-34;1-3-14-26(15-4-1)38-42-39(27-16-5-2-6-17-27)44-40(43-38)45-34-24-13-22-31-29-19-8-7-18-28(29)30-20-9-10-21-32(30)36(35(31)34)37(45)33-23-11-12-25-41-33/h1-29H;1-26H;1-25H. The van der Waals surface area contributed by atoms with E-state index in [1.807, 2.05) is 182 Å². The molecule has 0 N–H and O–H groups in total. The molecule has 16 aromatic carbocycles. The second kappa shape index (κ2) is 35.2. The minimum Gasteiger partial charge on any atom is -0.307 e. The Bertz CT molecular complexity index is 8620. The van der Waals surface area contributed by atoms with E-state index < -0.39 is 0 Å². The van der Waals surface area contributed by atoms with Crippen LogP contribution in [0.1, 0.15) is 0 Å². The van der Waals surface area contributed by atoms with Gasteiger partial charge in [-0.15, -0.1) is 0 Å². The highest BCUT2D eigenvalue weighted by molar-refractivity contribution is 6.21. The van der Waals surface area contributed by atoms with Crippen LogP contribution in [0.25, 0.3) is 264 Å². The molecule has 0 bridgehead atoms. The second-order valence-corrected chi connectivity index (χ2v) is 35.0. The summed E-state index contributed by atoms with van der Waals surface area (Å²) < 4.78 is 6.77. The number of nitrogens with zero attached hydrogens (tertiary/aromatic N) is 14. The number of benzene rings is 16. The van der Waals surface area contributed by atoms with Crippen LogP contribution in [0.3, 0.4) is 0 Å². The Morgan fingerprint density at radius 3 is 0.702 bits per heavy atom. The van der Waals surface area contributed by atoms with Crippen molar-refractivity contribution >= 4 is 32.7 Å². The zero-order valence-corrected chi connectivity index (χ0v) is 75.9. The summed E-state index contributed by atoms with van der Waals surface area (Å²) in [6.45, 7) is 0. The molecule has 25 aromatic rings. The van der Waals surface area contributed by atoms with Crippen molar-refractivity contribution in [1.82, 2.24) is 68.5 Å². The Kier molecular flexibility index (Phi) is 20.6. The highest BCUT2D eigenvalue weighted by Gasteiger charge is 2.36. The fraction of sp³-hybridized carbons (Fsp3) is 0. The maximum Gasteiger partial charge on any atom is 0.238 e. The Hall–Kier alpha value is -19.3. The van der Waals surface area contributed by atoms with Gasteiger partial charge in [0.25, 0.3) is 0 Å². The van der Waals surface area contributed by atoms with E-state index in [4.69, 9.17) is 54.8 Å². The van der Waals surface area contributed by atoms with Gasteiger partial charge in [0.05, 0.1) is 62.1 Å². The molecule has 0 saturated heterocycles. The van der Waals surface area contributed by atoms with E-state index in [1.54, 1.807) is 0 Å². The highest BCUT2D eigenvalue weighted by atomic mass is 15.2. The molecule has 9 heterocycles. The molecule has 3 aliphatic carbocycles. The monoisotopic (exact) mass is 1800 g/mol. The molecular formula is C127H80N14. The van der Waals surface area contributed by atoms with Crippen molar-refractivity contribution in [3.63, 3.8) is 0 Å². The average Bonchev–Trinajstić information content (AvgIpc) is 1.56. The maximum absolute atomic E-state index is 5.28. The second-order valence-electron chi connectivity index (χ2n) is 35.0. The van der Waals surface area contributed by atoms with E-state index in [0.29, 0.717) is 41.0 Å². The van der Waals surface area contributed by atoms with E-state index in [0.717, 1.165) is 129 Å². The number of hydrogen-bond donors (Lipinski definition) is 0. The summed E-state index contributed by atoms with van der Waals surface area (Å²) >= 11 is 0. The van der Waals surface area contributed by atoms with Crippen molar-refractivity contribution in [2.75, 3.05) is 0 Å². The summed E-state index contributed by atoms with van der Waals surface area (Å²) in [7, 11) is 0. The topological polar surface area (TPSA) is 157 Å². The van der Waals surface area contributed by atoms with Crippen LogP contribution >= 0.6 is 0 Å². The summed E-state index contributed by atoms with van der Waals surface area (Å²) in [5, 5.41) is 3.53. The lowest BCUT2D eigenvalue weighted by Gasteiger charge is -2.16. The molecule has 9 aromatic heterocycles. The molecule has 0 atom stereocenters. The first kappa shape index (κ1) is 82.4. The van der Waals surface area contributed by atoms with Crippen LogP contribution in [-0.2, 0) is 0 Å². The molecule has 0 amide bonds. The molecule has 658 valence electrons. The van der Waals surface area contributed by atoms with Crippen LogP contribution in [0.5, 0.6) is 0 Å². The van der Waals surface area contributed by atoms with Gasteiger partial charge in [-0.05, 0) is 156 Å². The van der Waals surface area contributed by atoms with E-state index >= 15 is 0 Å². The molecule has 0 aliphatic heterocycles. The van der Waals surface area contributed by atoms with Gasteiger partial charge in [0.1, 0.15) is 0 Å². The molecular weight excluding hydrogens is 1720 g/mol. The molecule has 0 unspecified atom stereocenters. The van der Waals surface area contributed by atoms with E-state index in [9.17, 15) is 0 Å². The van der Waals surface area contributed by atoms with Gasteiger partial charge in [-0.3, -0.25) is 24.1 Å². The Morgan fingerprint density at radius 2 is 0.383 bits per heavy atom. The third kappa shape index (κ3) is 14.5. The normalized spacial score (nSPS) is 11.5. The van der Waals surface area contributed by atoms with E-state index in [-0.39, 0.29) is 0 Å². The van der Waals surface area contributed by atoms with Crippen LogP contribution in [-0.4, -0.2) is 68.5 Å². The van der Waals surface area contributed by atoms with E-state index in [1.165, 1.54) is 94.2 Å². The molecule has 3 aliphatic rings. The quantitative estimate of drug-likeness (QED) is 0.108. The molecule has 0 spiro atoms. The SMILES string of the molecule is c1ccc(-c2cc(-c3ccccc3)nc(-n3c(-c4ccccn4)c4c5c(cccc53)-c3ccccc3-c3ccccc3-4)n2)cc1.c1ccc(-c2nc(-c3ccccc3)nc(-c3cccc(-n4c(-c5ccccn5)c5c6c(cccc64)-c4ccccc4-c4ccccc4-5)c3)n2)cc1.c1ccc(-c2nc(-c3ccccc3)nc(-n3c(-c4ccccn4)c4c5c(cccc53)-c3ccccc3-c3ccccc3-4)n2)cc1. The molecule has 141 heavy (non-hydrogen) atoms.